The molecule has 12 aromatic rings. The first-order valence-electron chi connectivity index (χ1n) is 20.5. The summed E-state index contributed by atoms with van der Waals surface area (Å²) in [6, 6.07) is 62.1. The molecule has 0 bridgehead atoms. The van der Waals surface area contributed by atoms with Crippen molar-refractivity contribution in [3.63, 3.8) is 0 Å². The normalized spacial score (nSPS) is 13.3. The Morgan fingerprint density at radius 1 is 0.417 bits per heavy atom. The molecule has 0 radical (unpaired) electrons. The Bertz CT molecular complexity index is 3640. The number of rotatable bonds is 4. The van der Waals surface area contributed by atoms with Crippen molar-refractivity contribution in [2.45, 2.75) is 19.3 Å². The highest BCUT2D eigenvalue weighted by atomic mass is 16.3. The Hall–Kier alpha value is -7.76. The Balaban J connectivity index is 1.06. The van der Waals surface area contributed by atoms with Crippen molar-refractivity contribution in [3.05, 3.63) is 187 Å². The number of fused-ring (bicyclic) bond motifs is 12. The van der Waals surface area contributed by atoms with Crippen LogP contribution in [0, 0.1) is 0 Å². The van der Waals surface area contributed by atoms with Crippen LogP contribution < -0.4 is 0 Å². The first-order valence-corrected chi connectivity index (χ1v) is 20.5. The van der Waals surface area contributed by atoms with Gasteiger partial charge in [-0.05, 0) is 82.9 Å². The molecule has 0 aliphatic heterocycles. The molecule has 5 heteroatoms. The second-order valence-electron chi connectivity index (χ2n) is 16.5. The Morgan fingerprint density at radius 2 is 0.983 bits per heavy atom. The zero-order valence-electron chi connectivity index (χ0n) is 32.9. The molecule has 1 aliphatic rings. The topological polar surface area (TPSA) is 57.0 Å². The monoisotopic (exact) mass is 769 g/mol. The zero-order valence-corrected chi connectivity index (χ0v) is 32.9. The molecule has 4 aromatic heterocycles. The molecule has 0 saturated heterocycles. The average molecular weight is 770 g/mol. The quantitative estimate of drug-likeness (QED) is 0.179. The van der Waals surface area contributed by atoms with Gasteiger partial charge in [0.1, 0.15) is 22.3 Å². The second-order valence-corrected chi connectivity index (χ2v) is 16.5. The molecule has 0 saturated carbocycles. The molecule has 0 spiro atoms. The van der Waals surface area contributed by atoms with Gasteiger partial charge in [0.25, 0.3) is 0 Å². The van der Waals surface area contributed by atoms with Gasteiger partial charge >= 0.3 is 0 Å². The lowest BCUT2D eigenvalue weighted by molar-refractivity contribution is 0.661. The third-order valence-electron chi connectivity index (χ3n) is 12.8. The van der Waals surface area contributed by atoms with Crippen LogP contribution in [0.3, 0.4) is 0 Å². The van der Waals surface area contributed by atoms with Crippen LogP contribution in [0.2, 0.25) is 0 Å². The van der Waals surface area contributed by atoms with Crippen LogP contribution in [-0.4, -0.2) is 14.5 Å². The summed E-state index contributed by atoms with van der Waals surface area (Å²) in [7, 11) is 0. The number of hydrogen-bond donors (Lipinski definition) is 0. The number of aromatic nitrogens is 3. The zero-order chi connectivity index (χ0) is 39.7. The highest BCUT2D eigenvalue weighted by Gasteiger charge is 2.36. The number of para-hydroxylation sites is 3. The minimum atomic E-state index is -0.125. The van der Waals surface area contributed by atoms with E-state index in [-0.39, 0.29) is 5.41 Å². The largest absolute Gasteiger partial charge is 0.456 e. The maximum Gasteiger partial charge on any atom is 0.160 e. The van der Waals surface area contributed by atoms with Crippen LogP contribution in [0.5, 0.6) is 0 Å². The third kappa shape index (κ3) is 4.63. The molecular formula is C55H35N3O2. The van der Waals surface area contributed by atoms with E-state index in [1.54, 1.807) is 0 Å². The highest BCUT2D eigenvalue weighted by molar-refractivity contribution is 6.15. The van der Waals surface area contributed by atoms with E-state index in [1.165, 1.54) is 38.5 Å². The van der Waals surface area contributed by atoms with Crippen molar-refractivity contribution >= 4 is 65.7 Å². The van der Waals surface area contributed by atoms with Gasteiger partial charge < -0.3 is 13.4 Å². The number of nitrogens with zero attached hydrogens (tertiary/aromatic N) is 3. The molecule has 0 amide bonds. The minimum Gasteiger partial charge on any atom is -0.456 e. The fraction of sp³-hybridized carbons (Fsp3) is 0.0545. The van der Waals surface area contributed by atoms with E-state index in [2.05, 4.69) is 146 Å². The summed E-state index contributed by atoms with van der Waals surface area (Å²) in [5.74, 6) is 0.636. The fourth-order valence-corrected chi connectivity index (χ4v) is 10.1. The molecule has 0 atom stereocenters. The second kappa shape index (κ2) is 12.1. The van der Waals surface area contributed by atoms with Crippen LogP contribution in [-0.2, 0) is 5.41 Å². The number of furan rings is 2. The van der Waals surface area contributed by atoms with Crippen molar-refractivity contribution in [1.82, 2.24) is 14.5 Å². The molecule has 282 valence electrons. The fourth-order valence-electron chi connectivity index (χ4n) is 10.1. The van der Waals surface area contributed by atoms with E-state index in [0.717, 1.165) is 83.2 Å². The van der Waals surface area contributed by atoms with Gasteiger partial charge in [0, 0.05) is 60.1 Å². The summed E-state index contributed by atoms with van der Waals surface area (Å²) in [5.41, 5.74) is 16.5. The van der Waals surface area contributed by atoms with Crippen molar-refractivity contribution in [3.8, 4) is 50.7 Å². The number of hydrogen-bond acceptors (Lipinski definition) is 4. The molecular weight excluding hydrogens is 735 g/mol. The van der Waals surface area contributed by atoms with Gasteiger partial charge in [-0.3, -0.25) is 0 Å². The molecule has 60 heavy (non-hydrogen) atoms. The Morgan fingerprint density at radius 3 is 1.68 bits per heavy atom. The Labute approximate surface area is 344 Å². The molecule has 1 aliphatic carbocycles. The molecule has 0 fully saturated rings. The summed E-state index contributed by atoms with van der Waals surface area (Å²) in [4.78, 5) is 10.8. The van der Waals surface area contributed by atoms with Gasteiger partial charge in [0.15, 0.2) is 5.82 Å². The van der Waals surface area contributed by atoms with Crippen molar-refractivity contribution < 1.29 is 8.83 Å². The van der Waals surface area contributed by atoms with Crippen molar-refractivity contribution in [2.24, 2.45) is 0 Å². The number of benzene rings is 8. The van der Waals surface area contributed by atoms with Gasteiger partial charge in [-0.2, -0.15) is 0 Å². The van der Waals surface area contributed by atoms with E-state index in [4.69, 9.17) is 18.8 Å². The van der Waals surface area contributed by atoms with Crippen LogP contribution in [0.4, 0.5) is 0 Å². The summed E-state index contributed by atoms with van der Waals surface area (Å²) < 4.78 is 15.1. The lowest BCUT2D eigenvalue weighted by atomic mass is 9.82. The molecule has 8 aromatic carbocycles. The lowest BCUT2D eigenvalue weighted by Crippen LogP contribution is -2.14. The minimum absolute atomic E-state index is 0.125. The molecule has 0 unspecified atom stereocenters. The van der Waals surface area contributed by atoms with Gasteiger partial charge in [0.2, 0.25) is 0 Å². The molecule has 4 heterocycles. The highest BCUT2D eigenvalue weighted by Crippen LogP contribution is 2.51. The standard InChI is InChI=1S/C55H35N3O2/c1-55(2)42-22-7-3-16-34(42)40-29-41-35-17-4-8-23-46(35)58(47(41)30-43(40)55)33-15-11-14-32(28-33)54-56-44(36-20-12-26-50-52(36)38-18-5-9-24-48(38)59-50)31-45(57-54)37-21-13-27-51-53(37)39-19-6-10-25-49(39)60-51/h3-31H,1-2H3. The van der Waals surface area contributed by atoms with Crippen LogP contribution in [0.1, 0.15) is 25.0 Å². The maximum absolute atomic E-state index is 6.37. The van der Waals surface area contributed by atoms with Crippen LogP contribution in [0.25, 0.3) is 116 Å². The smallest absolute Gasteiger partial charge is 0.160 e. The molecule has 5 nitrogen and oxygen atoms in total. The average Bonchev–Trinajstić information content (AvgIpc) is 4.02. The summed E-state index contributed by atoms with van der Waals surface area (Å²) in [5, 5.41) is 6.64. The first-order chi connectivity index (χ1) is 29.5. The van der Waals surface area contributed by atoms with Gasteiger partial charge in [0.05, 0.1) is 22.4 Å². The van der Waals surface area contributed by atoms with Crippen molar-refractivity contribution in [1.29, 1.82) is 0 Å². The summed E-state index contributed by atoms with van der Waals surface area (Å²) in [6.45, 7) is 4.69. The van der Waals surface area contributed by atoms with E-state index in [0.29, 0.717) is 5.82 Å². The first kappa shape index (κ1) is 33.2. The van der Waals surface area contributed by atoms with Crippen LogP contribution in [0.15, 0.2) is 185 Å². The van der Waals surface area contributed by atoms with Gasteiger partial charge in [-0.25, -0.2) is 9.97 Å². The lowest BCUT2D eigenvalue weighted by Gasteiger charge is -2.21. The SMILES string of the molecule is CC1(C)c2ccccc2-c2cc3c4ccccc4n(-c4cccc(-c5nc(-c6cccc7oc8ccccc8c67)cc(-c6cccc7oc8ccccc8c67)n5)c4)c3cc21. The van der Waals surface area contributed by atoms with E-state index in [1.807, 2.05) is 48.5 Å². The van der Waals surface area contributed by atoms with Crippen LogP contribution >= 0.6 is 0 Å². The maximum atomic E-state index is 6.37. The molecule has 0 N–H and O–H groups in total. The Kier molecular flexibility index (Phi) is 6.72. The summed E-state index contributed by atoms with van der Waals surface area (Å²) >= 11 is 0. The predicted molar refractivity (Wildman–Crippen MR) is 245 cm³/mol. The van der Waals surface area contributed by atoms with Gasteiger partial charge in [-0.15, -0.1) is 0 Å². The van der Waals surface area contributed by atoms with E-state index < -0.39 is 0 Å². The third-order valence-corrected chi connectivity index (χ3v) is 12.8. The van der Waals surface area contributed by atoms with E-state index >= 15 is 0 Å². The van der Waals surface area contributed by atoms with E-state index in [9.17, 15) is 0 Å². The summed E-state index contributed by atoms with van der Waals surface area (Å²) in [6.07, 6.45) is 0. The molecule has 13 rings (SSSR count). The van der Waals surface area contributed by atoms with Gasteiger partial charge in [-0.1, -0.05) is 129 Å². The van der Waals surface area contributed by atoms with Crippen molar-refractivity contribution in [2.75, 3.05) is 0 Å². The predicted octanol–water partition coefficient (Wildman–Crippen LogP) is 14.7.